The molecular weight excluding hydrogens is 175 g/mol. The summed E-state index contributed by atoms with van der Waals surface area (Å²) < 4.78 is 0. The van der Waals surface area contributed by atoms with Gasteiger partial charge in [0.2, 0.25) is 0 Å². The summed E-state index contributed by atoms with van der Waals surface area (Å²) in [5.41, 5.74) is 1.28. The van der Waals surface area contributed by atoms with E-state index < -0.39 is 0 Å². The minimum absolute atomic E-state index is 0.346. The molecule has 0 aromatic heterocycles. The predicted molar refractivity (Wildman–Crippen MR) is 41.7 cm³/mol. The van der Waals surface area contributed by atoms with Gasteiger partial charge in [-0.05, 0) is 0 Å². The Balaban J connectivity index is 2.85. The van der Waals surface area contributed by atoms with Crippen molar-refractivity contribution in [1.29, 1.82) is 0 Å². The predicted octanol–water partition coefficient (Wildman–Crippen LogP) is 1.46. The average molecular weight is 184 g/mol. The first-order chi connectivity index (χ1) is 4.30. The number of rotatable bonds is 1. The van der Waals surface area contributed by atoms with E-state index in [4.69, 9.17) is 0 Å². The molecule has 0 aliphatic rings. The van der Waals surface area contributed by atoms with E-state index >= 15 is 0 Å². The van der Waals surface area contributed by atoms with Gasteiger partial charge in [0.1, 0.15) is 0 Å². The van der Waals surface area contributed by atoms with E-state index in [1.54, 1.807) is 0 Å². The molecular formula is C8H9Se. The summed E-state index contributed by atoms with van der Waals surface area (Å²) in [6.45, 7) is 3.88. The van der Waals surface area contributed by atoms with Crippen molar-refractivity contribution in [1.82, 2.24) is 0 Å². The molecule has 1 unspecified atom stereocenters. The van der Waals surface area contributed by atoms with Crippen LogP contribution in [0.1, 0.15) is 10.4 Å². The molecule has 0 saturated carbocycles. The Labute approximate surface area is 64.1 Å². The van der Waals surface area contributed by atoms with Crippen LogP contribution >= 0.6 is 0 Å². The summed E-state index contributed by atoms with van der Waals surface area (Å²) in [4.78, 5) is 0.346. The van der Waals surface area contributed by atoms with Gasteiger partial charge in [-0.2, -0.15) is 0 Å². The fraction of sp³-hybridized carbons (Fsp3) is 0.125. The Kier molecular flexibility index (Phi) is 2.32. The normalized spacial score (nSPS) is 13.1. The van der Waals surface area contributed by atoms with E-state index in [0.29, 0.717) is 4.82 Å². The first-order valence-electron chi connectivity index (χ1n) is 2.87. The van der Waals surface area contributed by atoms with Gasteiger partial charge in [-0.25, -0.2) is 0 Å². The Morgan fingerprint density at radius 3 is 2.11 bits per heavy atom. The zero-order chi connectivity index (χ0) is 6.69. The Bertz CT molecular complexity index is 167. The molecule has 0 amide bonds. The van der Waals surface area contributed by atoms with Crippen molar-refractivity contribution in [2.24, 2.45) is 0 Å². The van der Waals surface area contributed by atoms with Crippen molar-refractivity contribution in [3.05, 3.63) is 42.8 Å². The van der Waals surface area contributed by atoms with Crippen LogP contribution in [0, 0.1) is 6.92 Å². The molecule has 0 nitrogen and oxygen atoms in total. The summed E-state index contributed by atoms with van der Waals surface area (Å²) >= 11 is 2.52. The second-order valence-corrected chi connectivity index (χ2v) is 3.23. The molecule has 1 aromatic carbocycles. The van der Waals surface area contributed by atoms with E-state index in [1.807, 2.05) is 18.2 Å². The molecule has 0 aliphatic heterocycles. The molecule has 0 aliphatic carbocycles. The first kappa shape index (κ1) is 6.85. The molecule has 0 bridgehead atoms. The van der Waals surface area contributed by atoms with Crippen LogP contribution in [-0.4, -0.2) is 16.0 Å². The van der Waals surface area contributed by atoms with Gasteiger partial charge in [-0.3, -0.25) is 0 Å². The van der Waals surface area contributed by atoms with Crippen LogP contribution in [0.3, 0.4) is 0 Å². The van der Waals surface area contributed by atoms with Crippen molar-refractivity contribution in [2.45, 2.75) is 4.82 Å². The van der Waals surface area contributed by atoms with Gasteiger partial charge in [0, 0.05) is 0 Å². The summed E-state index contributed by atoms with van der Waals surface area (Å²) in [5, 5.41) is 0. The van der Waals surface area contributed by atoms with E-state index in [1.165, 1.54) is 5.56 Å². The van der Waals surface area contributed by atoms with Crippen LogP contribution in [0.25, 0.3) is 0 Å². The van der Waals surface area contributed by atoms with Crippen molar-refractivity contribution in [3.8, 4) is 0 Å². The molecule has 1 heteroatoms. The third kappa shape index (κ3) is 1.85. The van der Waals surface area contributed by atoms with Gasteiger partial charge >= 0.3 is 63.6 Å². The molecule has 1 radical (unpaired) electrons. The first-order valence-corrected chi connectivity index (χ1v) is 3.95. The van der Waals surface area contributed by atoms with Crippen LogP contribution in [-0.2, 0) is 0 Å². The average Bonchev–Trinajstić information content (AvgIpc) is 1.90. The maximum absolute atomic E-state index is 3.88. The van der Waals surface area contributed by atoms with Crippen LogP contribution in [0.4, 0.5) is 0 Å². The monoisotopic (exact) mass is 185 g/mol. The topological polar surface area (TPSA) is 0 Å². The SMILES string of the molecule is [CH2]C([SeH])c1ccccc1. The molecule has 1 rings (SSSR count). The van der Waals surface area contributed by atoms with Gasteiger partial charge in [0.25, 0.3) is 0 Å². The zero-order valence-electron chi connectivity index (χ0n) is 5.12. The third-order valence-corrected chi connectivity index (χ3v) is 1.81. The molecule has 47 valence electrons. The Morgan fingerprint density at radius 1 is 1.22 bits per heavy atom. The Morgan fingerprint density at radius 2 is 1.78 bits per heavy atom. The van der Waals surface area contributed by atoms with Crippen molar-refractivity contribution < 1.29 is 0 Å². The molecule has 0 saturated heterocycles. The van der Waals surface area contributed by atoms with Gasteiger partial charge < -0.3 is 0 Å². The molecule has 1 aromatic rings. The molecule has 0 fully saturated rings. The van der Waals surface area contributed by atoms with Gasteiger partial charge in [0.05, 0.1) is 0 Å². The maximum atomic E-state index is 3.88. The fourth-order valence-corrected chi connectivity index (χ4v) is 1.04. The molecule has 0 heterocycles. The van der Waals surface area contributed by atoms with Crippen LogP contribution in [0.2, 0.25) is 0 Å². The summed E-state index contributed by atoms with van der Waals surface area (Å²) in [7, 11) is 0. The molecule has 1 atom stereocenters. The minimum atomic E-state index is 0.346. The number of benzene rings is 1. The number of hydrogen-bond donors (Lipinski definition) is 0. The van der Waals surface area contributed by atoms with Gasteiger partial charge in [-0.1, -0.05) is 0 Å². The second kappa shape index (κ2) is 3.05. The van der Waals surface area contributed by atoms with Crippen LogP contribution in [0.5, 0.6) is 0 Å². The molecule has 0 N–H and O–H groups in total. The standard InChI is InChI=1S/C8H9Se/c1-7(9)8-5-3-2-4-6-8/h2-7,9H,1H2. The zero-order valence-corrected chi connectivity index (χ0v) is 6.99. The second-order valence-electron chi connectivity index (χ2n) is 1.93. The van der Waals surface area contributed by atoms with E-state index in [9.17, 15) is 0 Å². The third-order valence-electron chi connectivity index (χ3n) is 1.18. The van der Waals surface area contributed by atoms with Crippen molar-refractivity contribution >= 4 is 16.0 Å². The van der Waals surface area contributed by atoms with Crippen molar-refractivity contribution in [2.75, 3.05) is 0 Å². The van der Waals surface area contributed by atoms with Gasteiger partial charge in [-0.15, -0.1) is 0 Å². The van der Waals surface area contributed by atoms with Crippen molar-refractivity contribution in [3.63, 3.8) is 0 Å². The van der Waals surface area contributed by atoms with E-state index in [0.717, 1.165) is 0 Å². The van der Waals surface area contributed by atoms with Gasteiger partial charge in [0.15, 0.2) is 0 Å². The van der Waals surface area contributed by atoms with Crippen LogP contribution < -0.4 is 0 Å². The quantitative estimate of drug-likeness (QED) is 0.579. The fourth-order valence-electron chi connectivity index (χ4n) is 0.675. The summed E-state index contributed by atoms with van der Waals surface area (Å²) in [6, 6.07) is 10.2. The number of hydrogen-bond acceptors (Lipinski definition) is 0. The molecule has 0 spiro atoms. The summed E-state index contributed by atoms with van der Waals surface area (Å²) in [6.07, 6.45) is 0. The van der Waals surface area contributed by atoms with E-state index in [-0.39, 0.29) is 0 Å². The molecule has 9 heavy (non-hydrogen) atoms. The van der Waals surface area contributed by atoms with Crippen LogP contribution in [0.15, 0.2) is 30.3 Å². The Hall–Kier alpha value is -0.261. The van der Waals surface area contributed by atoms with E-state index in [2.05, 4.69) is 35.1 Å². The summed E-state index contributed by atoms with van der Waals surface area (Å²) in [5.74, 6) is 0.